The number of hydrogen-bond acceptors (Lipinski definition) is 5. The van der Waals surface area contributed by atoms with Gasteiger partial charge in [-0.2, -0.15) is 0 Å². The monoisotopic (exact) mass is 146 g/mol. The molecule has 0 aliphatic carbocycles. The van der Waals surface area contributed by atoms with E-state index in [2.05, 4.69) is 14.8 Å². The molecule has 0 spiro atoms. The smallest absolute Gasteiger partial charge is 0.326 e. The molecule has 1 atom stereocenters. The Morgan fingerprint density at radius 3 is 2.80 bits per heavy atom. The first-order valence-corrected chi connectivity index (χ1v) is 2.83. The Morgan fingerprint density at radius 2 is 2.50 bits per heavy atom. The van der Waals surface area contributed by atoms with E-state index in [1.54, 1.807) is 7.05 Å². The zero-order valence-electron chi connectivity index (χ0n) is 6.09. The van der Waals surface area contributed by atoms with E-state index in [0.29, 0.717) is 0 Å². The third-order valence-electron chi connectivity index (χ3n) is 1.10. The summed E-state index contributed by atoms with van der Waals surface area (Å²) in [5.41, 5.74) is 0. The maximum atomic E-state index is 10.7. The highest BCUT2D eigenvalue weighted by Crippen LogP contribution is 1.84. The minimum Gasteiger partial charge on any atom is -0.542 e. The molecule has 0 aromatic carbocycles. The van der Waals surface area contributed by atoms with Crippen LogP contribution in [0.4, 0.5) is 0 Å². The fourth-order valence-electron chi connectivity index (χ4n) is 0.508. The van der Waals surface area contributed by atoms with E-state index in [1.165, 1.54) is 8.05 Å². The summed E-state index contributed by atoms with van der Waals surface area (Å²) >= 11 is 0. The predicted molar refractivity (Wildman–Crippen MR) is 37.6 cm³/mol. The second-order valence-electron chi connectivity index (χ2n) is 1.70. The van der Waals surface area contributed by atoms with Crippen LogP contribution in [0.2, 0.25) is 0 Å². The highest BCUT2D eigenvalue weighted by molar-refractivity contribution is 6.06. The highest BCUT2D eigenvalue weighted by Gasteiger charge is 2.15. The molecule has 0 unspecified atom stereocenters. The van der Waals surface area contributed by atoms with Crippen LogP contribution in [0.15, 0.2) is 0 Å². The van der Waals surface area contributed by atoms with Gasteiger partial charge in [0.1, 0.15) is 6.04 Å². The SMILES string of the molecule is BOC(=O)[C@H](CON)NC. The minimum atomic E-state index is -0.477. The first-order valence-electron chi connectivity index (χ1n) is 2.83. The summed E-state index contributed by atoms with van der Waals surface area (Å²) in [6.07, 6.45) is 0. The summed E-state index contributed by atoms with van der Waals surface area (Å²) < 4.78 is 4.42. The van der Waals surface area contributed by atoms with Crippen molar-refractivity contribution in [2.24, 2.45) is 5.90 Å². The number of hydrogen-bond donors (Lipinski definition) is 2. The standard InChI is InChI=1S/C4H11BN2O3/c1-7-3(2-9-6)4(8)10-5/h3,7H,2,5-6H2,1H3/t3-/m0/s1. The fourth-order valence-corrected chi connectivity index (χ4v) is 0.508. The molecule has 0 fully saturated rings. The van der Waals surface area contributed by atoms with Gasteiger partial charge < -0.3 is 14.8 Å². The van der Waals surface area contributed by atoms with Crippen LogP contribution in [0.5, 0.6) is 0 Å². The Kier molecular flexibility index (Phi) is 4.91. The molecule has 0 aliphatic heterocycles. The summed E-state index contributed by atoms with van der Waals surface area (Å²) in [5.74, 6) is 4.37. The molecule has 0 rings (SSSR count). The van der Waals surface area contributed by atoms with Crippen molar-refractivity contribution in [1.82, 2.24) is 5.32 Å². The van der Waals surface area contributed by atoms with Crippen molar-refractivity contribution < 1.29 is 14.3 Å². The van der Waals surface area contributed by atoms with Gasteiger partial charge in [0.25, 0.3) is 0 Å². The zero-order valence-corrected chi connectivity index (χ0v) is 6.09. The topological polar surface area (TPSA) is 73.6 Å². The van der Waals surface area contributed by atoms with Crippen molar-refractivity contribution in [3.8, 4) is 0 Å². The van der Waals surface area contributed by atoms with Crippen LogP contribution < -0.4 is 11.2 Å². The molecule has 0 aromatic rings. The highest BCUT2D eigenvalue weighted by atomic mass is 16.6. The molecular formula is C4H11BN2O3. The van der Waals surface area contributed by atoms with Crippen molar-refractivity contribution in [3.63, 3.8) is 0 Å². The number of likely N-dealkylation sites (N-methyl/N-ethyl adjacent to an activating group) is 1. The second kappa shape index (κ2) is 5.22. The Balaban J connectivity index is 3.68. The second-order valence-corrected chi connectivity index (χ2v) is 1.70. The van der Waals surface area contributed by atoms with E-state index >= 15 is 0 Å². The molecule has 0 saturated heterocycles. The van der Waals surface area contributed by atoms with Crippen molar-refractivity contribution in [3.05, 3.63) is 0 Å². The van der Waals surface area contributed by atoms with E-state index in [-0.39, 0.29) is 12.6 Å². The van der Waals surface area contributed by atoms with E-state index in [4.69, 9.17) is 5.90 Å². The van der Waals surface area contributed by atoms with E-state index in [9.17, 15) is 4.79 Å². The maximum absolute atomic E-state index is 10.7. The summed E-state index contributed by atoms with van der Waals surface area (Å²) in [6.45, 7) is 0.114. The third-order valence-corrected chi connectivity index (χ3v) is 1.10. The Labute approximate surface area is 60.3 Å². The normalized spacial score (nSPS) is 12.6. The average Bonchev–Trinajstić information content (AvgIpc) is 1.99. The summed E-state index contributed by atoms with van der Waals surface area (Å²) in [4.78, 5) is 15.0. The number of carbonyl (C=O) groups excluding carboxylic acids is 1. The molecule has 0 amide bonds. The van der Waals surface area contributed by atoms with Gasteiger partial charge in [-0.3, -0.25) is 4.79 Å². The molecule has 0 radical (unpaired) electrons. The maximum Gasteiger partial charge on any atom is 0.326 e. The van der Waals surface area contributed by atoms with Crippen LogP contribution in [0, 0.1) is 0 Å². The average molecular weight is 146 g/mol. The number of carbonyl (C=O) groups is 1. The van der Waals surface area contributed by atoms with Crippen molar-refractivity contribution in [2.75, 3.05) is 13.7 Å². The molecule has 58 valence electrons. The summed E-state index contributed by atoms with van der Waals surface area (Å²) in [6, 6.07) is -0.477. The van der Waals surface area contributed by atoms with E-state index < -0.39 is 6.04 Å². The molecule has 0 aromatic heterocycles. The van der Waals surface area contributed by atoms with Crippen LogP contribution in [0.1, 0.15) is 0 Å². The minimum absolute atomic E-state index is 0.114. The molecule has 10 heavy (non-hydrogen) atoms. The molecule has 0 heterocycles. The Hall–Kier alpha value is -0.585. The van der Waals surface area contributed by atoms with Gasteiger partial charge in [-0.1, -0.05) is 0 Å². The van der Waals surface area contributed by atoms with Crippen molar-refractivity contribution >= 4 is 14.0 Å². The fraction of sp³-hybridized carbons (Fsp3) is 0.750. The van der Waals surface area contributed by atoms with Gasteiger partial charge in [0, 0.05) is 0 Å². The van der Waals surface area contributed by atoms with Crippen LogP contribution in [-0.4, -0.2) is 33.7 Å². The van der Waals surface area contributed by atoms with Crippen LogP contribution >= 0.6 is 0 Å². The molecule has 6 heteroatoms. The first kappa shape index (κ1) is 9.41. The van der Waals surface area contributed by atoms with Gasteiger partial charge in [0.05, 0.1) is 6.61 Å². The van der Waals surface area contributed by atoms with Gasteiger partial charge in [0.2, 0.25) is 0 Å². The number of nitrogens with two attached hydrogens (primary N) is 1. The van der Waals surface area contributed by atoms with Crippen LogP contribution in [-0.2, 0) is 14.3 Å². The van der Waals surface area contributed by atoms with E-state index in [0.717, 1.165) is 0 Å². The molecule has 0 aliphatic rings. The molecular weight excluding hydrogens is 135 g/mol. The quantitative estimate of drug-likeness (QED) is 0.340. The molecule has 0 bridgehead atoms. The van der Waals surface area contributed by atoms with Crippen LogP contribution in [0.25, 0.3) is 0 Å². The van der Waals surface area contributed by atoms with Gasteiger partial charge in [-0.15, -0.1) is 0 Å². The Bertz CT molecular complexity index is 111. The van der Waals surface area contributed by atoms with Crippen LogP contribution in [0.3, 0.4) is 0 Å². The summed E-state index contributed by atoms with van der Waals surface area (Å²) in [5, 5.41) is 2.67. The lowest BCUT2D eigenvalue weighted by Crippen LogP contribution is -2.40. The number of rotatable bonds is 4. The van der Waals surface area contributed by atoms with Gasteiger partial charge >= 0.3 is 14.0 Å². The van der Waals surface area contributed by atoms with Crippen molar-refractivity contribution in [1.29, 1.82) is 0 Å². The lowest BCUT2D eigenvalue weighted by molar-refractivity contribution is -0.137. The lowest BCUT2D eigenvalue weighted by Gasteiger charge is -2.11. The third kappa shape index (κ3) is 2.81. The summed E-state index contributed by atoms with van der Waals surface area (Å²) in [7, 11) is 2.93. The predicted octanol–water partition coefficient (Wildman–Crippen LogP) is -2.44. The Morgan fingerprint density at radius 1 is 1.90 bits per heavy atom. The van der Waals surface area contributed by atoms with Gasteiger partial charge in [-0.05, 0) is 7.05 Å². The zero-order chi connectivity index (χ0) is 7.98. The molecule has 0 saturated carbocycles. The van der Waals surface area contributed by atoms with E-state index in [1.807, 2.05) is 0 Å². The van der Waals surface area contributed by atoms with Crippen molar-refractivity contribution in [2.45, 2.75) is 6.04 Å². The number of nitrogens with one attached hydrogen (secondary N) is 1. The molecule has 3 N–H and O–H groups in total. The largest absolute Gasteiger partial charge is 0.542 e. The van der Waals surface area contributed by atoms with Gasteiger partial charge in [-0.25, -0.2) is 5.90 Å². The lowest BCUT2D eigenvalue weighted by atomic mass is 10.3. The first-order chi connectivity index (χ1) is 4.76. The molecule has 5 nitrogen and oxygen atoms in total. The van der Waals surface area contributed by atoms with Gasteiger partial charge in [0.15, 0.2) is 0 Å².